The molecule has 21 heavy (non-hydrogen) atoms. The number of allylic oxidation sites excluding steroid dienone is 2. The number of amides is 1. The summed E-state index contributed by atoms with van der Waals surface area (Å²) in [7, 11) is 0. The third-order valence-corrected chi connectivity index (χ3v) is 4.50. The van der Waals surface area contributed by atoms with Gasteiger partial charge in [0.25, 0.3) is 0 Å². The highest BCUT2D eigenvalue weighted by Crippen LogP contribution is 2.43. The van der Waals surface area contributed by atoms with E-state index in [4.69, 9.17) is 11.6 Å². The standard InChI is InChI=1S/C17H18ClNO2/c1-17(2)8-13-16(14(20)9-17)12(7-15(21)19-13)10-3-5-11(18)6-4-10/h3-6,8,12,16H,7,9H2,1-2H3,(H,19,21)/t12-,16+/m1/s1. The third-order valence-electron chi connectivity index (χ3n) is 4.25. The summed E-state index contributed by atoms with van der Waals surface area (Å²) < 4.78 is 0. The van der Waals surface area contributed by atoms with E-state index in [9.17, 15) is 9.59 Å². The molecule has 1 heterocycles. The van der Waals surface area contributed by atoms with Crippen LogP contribution in [0.2, 0.25) is 5.02 Å². The van der Waals surface area contributed by atoms with E-state index in [1.165, 1.54) is 0 Å². The molecule has 0 spiro atoms. The first-order valence-electron chi connectivity index (χ1n) is 7.16. The van der Waals surface area contributed by atoms with Crippen molar-refractivity contribution in [2.75, 3.05) is 0 Å². The predicted octanol–water partition coefficient (Wildman–Crippen LogP) is 3.44. The Labute approximate surface area is 129 Å². The molecule has 0 radical (unpaired) electrons. The molecule has 2 atom stereocenters. The van der Waals surface area contributed by atoms with Gasteiger partial charge in [0, 0.05) is 29.5 Å². The van der Waals surface area contributed by atoms with Gasteiger partial charge in [0.1, 0.15) is 5.78 Å². The number of carbonyl (C=O) groups is 2. The average molecular weight is 304 g/mol. The Morgan fingerprint density at radius 2 is 1.86 bits per heavy atom. The summed E-state index contributed by atoms with van der Waals surface area (Å²) >= 11 is 5.93. The maximum atomic E-state index is 12.6. The second kappa shape index (κ2) is 4.99. The minimum absolute atomic E-state index is 0.0250. The first-order chi connectivity index (χ1) is 9.85. The lowest BCUT2D eigenvalue weighted by molar-refractivity contribution is -0.128. The summed E-state index contributed by atoms with van der Waals surface area (Å²) in [4.78, 5) is 24.6. The Hall–Kier alpha value is -1.61. The van der Waals surface area contributed by atoms with E-state index in [0.29, 0.717) is 17.9 Å². The van der Waals surface area contributed by atoms with Crippen molar-refractivity contribution in [3.05, 3.63) is 46.6 Å². The number of benzene rings is 1. The smallest absolute Gasteiger partial charge is 0.224 e. The van der Waals surface area contributed by atoms with Crippen LogP contribution in [0.15, 0.2) is 36.0 Å². The molecule has 0 saturated carbocycles. The molecule has 4 heteroatoms. The molecule has 1 fully saturated rings. The molecular formula is C17H18ClNO2. The van der Waals surface area contributed by atoms with Gasteiger partial charge in [-0.05, 0) is 23.1 Å². The predicted molar refractivity (Wildman–Crippen MR) is 81.9 cm³/mol. The number of rotatable bonds is 1. The van der Waals surface area contributed by atoms with Crippen LogP contribution < -0.4 is 5.32 Å². The van der Waals surface area contributed by atoms with E-state index >= 15 is 0 Å². The third kappa shape index (κ3) is 2.75. The van der Waals surface area contributed by atoms with E-state index < -0.39 is 0 Å². The number of hydrogen-bond donors (Lipinski definition) is 1. The van der Waals surface area contributed by atoms with Crippen LogP contribution in [0.4, 0.5) is 0 Å². The maximum absolute atomic E-state index is 12.6. The molecule has 0 aromatic heterocycles. The lowest BCUT2D eigenvalue weighted by Gasteiger charge is -2.39. The monoisotopic (exact) mass is 303 g/mol. The van der Waals surface area contributed by atoms with Crippen LogP contribution in [0.25, 0.3) is 0 Å². The van der Waals surface area contributed by atoms with Crippen molar-refractivity contribution in [3.63, 3.8) is 0 Å². The van der Waals surface area contributed by atoms with E-state index in [2.05, 4.69) is 5.32 Å². The number of ketones is 1. The van der Waals surface area contributed by atoms with Crippen LogP contribution in [0.3, 0.4) is 0 Å². The minimum atomic E-state index is -0.239. The summed E-state index contributed by atoms with van der Waals surface area (Å²) in [6, 6.07) is 7.44. The normalized spacial score (nSPS) is 27.7. The topological polar surface area (TPSA) is 46.2 Å². The first kappa shape index (κ1) is 14.3. The number of hydrogen-bond acceptors (Lipinski definition) is 2. The van der Waals surface area contributed by atoms with Crippen molar-refractivity contribution in [3.8, 4) is 0 Å². The Bertz CT molecular complexity index is 631. The molecule has 1 aliphatic heterocycles. The Kier molecular flexibility index (Phi) is 3.40. The van der Waals surface area contributed by atoms with E-state index in [1.54, 1.807) is 0 Å². The van der Waals surface area contributed by atoms with Gasteiger partial charge in [-0.3, -0.25) is 9.59 Å². The van der Waals surface area contributed by atoms with Crippen molar-refractivity contribution in [2.45, 2.75) is 32.6 Å². The molecule has 0 unspecified atom stereocenters. The summed E-state index contributed by atoms with van der Waals surface area (Å²) in [6.45, 7) is 4.04. The van der Waals surface area contributed by atoms with Gasteiger partial charge in [-0.1, -0.05) is 43.7 Å². The first-order valence-corrected chi connectivity index (χ1v) is 7.54. The van der Waals surface area contributed by atoms with Gasteiger partial charge >= 0.3 is 0 Å². The number of carbonyl (C=O) groups excluding carboxylic acids is 2. The molecule has 0 bridgehead atoms. The second-order valence-corrected chi connectivity index (χ2v) is 7.06. The quantitative estimate of drug-likeness (QED) is 0.864. The van der Waals surface area contributed by atoms with Crippen LogP contribution >= 0.6 is 11.6 Å². The highest BCUT2D eigenvalue weighted by molar-refractivity contribution is 6.30. The van der Waals surface area contributed by atoms with E-state index in [-0.39, 0.29) is 28.9 Å². The van der Waals surface area contributed by atoms with Gasteiger partial charge in [0.2, 0.25) is 5.91 Å². The number of nitrogens with one attached hydrogen (secondary N) is 1. The fourth-order valence-electron chi connectivity index (χ4n) is 3.40. The largest absolute Gasteiger partial charge is 0.329 e. The van der Waals surface area contributed by atoms with E-state index in [1.807, 2.05) is 44.2 Å². The number of Topliss-reactive ketones (excluding diaryl/α,β-unsaturated/α-hetero) is 1. The Morgan fingerprint density at radius 1 is 1.19 bits per heavy atom. The average Bonchev–Trinajstić information content (AvgIpc) is 2.36. The van der Waals surface area contributed by atoms with Crippen molar-refractivity contribution in [1.29, 1.82) is 0 Å². The van der Waals surface area contributed by atoms with Crippen LogP contribution in [-0.4, -0.2) is 11.7 Å². The number of piperidine rings is 1. The molecule has 1 N–H and O–H groups in total. The van der Waals surface area contributed by atoms with Crippen LogP contribution in [-0.2, 0) is 9.59 Å². The molecule has 3 nitrogen and oxygen atoms in total. The molecule has 1 saturated heterocycles. The molecule has 1 aromatic carbocycles. The van der Waals surface area contributed by atoms with Crippen molar-refractivity contribution in [2.24, 2.45) is 11.3 Å². The van der Waals surface area contributed by atoms with Crippen LogP contribution in [0, 0.1) is 11.3 Å². The summed E-state index contributed by atoms with van der Waals surface area (Å²) in [5.74, 6) is -0.150. The molecule has 110 valence electrons. The fourth-order valence-corrected chi connectivity index (χ4v) is 3.53. The zero-order valence-corrected chi connectivity index (χ0v) is 12.9. The van der Waals surface area contributed by atoms with E-state index in [0.717, 1.165) is 11.3 Å². The van der Waals surface area contributed by atoms with Gasteiger partial charge in [-0.15, -0.1) is 0 Å². The Balaban J connectivity index is 2.03. The van der Waals surface area contributed by atoms with Gasteiger partial charge in [-0.2, -0.15) is 0 Å². The Morgan fingerprint density at radius 3 is 2.52 bits per heavy atom. The van der Waals surface area contributed by atoms with Gasteiger partial charge in [0.05, 0.1) is 5.92 Å². The summed E-state index contributed by atoms with van der Waals surface area (Å²) in [5, 5.41) is 3.55. The molecule has 3 rings (SSSR count). The lowest BCUT2D eigenvalue weighted by Crippen LogP contribution is -2.45. The maximum Gasteiger partial charge on any atom is 0.224 e. The lowest BCUT2D eigenvalue weighted by atomic mass is 9.68. The van der Waals surface area contributed by atoms with Crippen molar-refractivity contribution < 1.29 is 9.59 Å². The SMILES string of the molecule is CC1(C)C=C2NC(=O)C[C@H](c3ccc(Cl)cc3)[C@@H]2C(=O)C1. The highest BCUT2D eigenvalue weighted by Gasteiger charge is 2.43. The number of halogens is 1. The molecule has 1 amide bonds. The molecule has 1 aromatic rings. The van der Waals surface area contributed by atoms with Crippen molar-refractivity contribution >= 4 is 23.3 Å². The summed E-state index contributed by atoms with van der Waals surface area (Å²) in [5.41, 5.74) is 1.57. The summed E-state index contributed by atoms with van der Waals surface area (Å²) in [6.07, 6.45) is 2.90. The minimum Gasteiger partial charge on any atom is -0.329 e. The zero-order chi connectivity index (χ0) is 15.2. The molecular weight excluding hydrogens is 286 g/mol. The zero-order valence-electron chi connectivity index (χ0n) is 12.2. The highest BCUT2D eigenvalue weighted by atomic mass is 35.5. The number of fused-ring (bicyclic) bond motifs is 1. The van der Waals surface area contributed by atoms with Gasteiger partial charge in [0.15, 0.2) is 0 Å². The molecule has 2 aliphatic rings. The van der Waals surface area contributed by atoms with Gasteiger partial charge < -0.3 is 5.32 Å². The fraction of sp³-hybridized carbons (Fsp3) is 0.412. The molecule has 1 aliphatic carbocycles. The van der Waals surface area contributed by atoms with Crippen molar-refractivity contribution in [1.82, 2.24) is 5.32 Å². The van der Waals surface area contributed by atoms with Crippen LogP contribution in [0.5, 0.6) is 0 Å². The van der Waals surface area contributed by atoms with Crippen LogP contribution in [0.1, 0.15) is 38.2 Å². The van der Waals surface area contributed by atoms with Gasteiger partial charge in [-0.25, -0.2) is 0 Å². The second-order valence-electron chi connectivity index (χ2n) is 6.62.